The molecule has 0 saturated carbocycles. The number of halogens is 2. The molecule has 7 heteroatoms. The highest BCUT2D eigenvalue weighted by Gasteiger charge is 2.15. The molecule has 0 amide bonds. The van der Waals surface area contributed by atoms with Gasteiger partial charge in [-0.25, -0.2) is 14.8 Å². The fourth-order valence-electron chi connectivity index (χ4n) is 1.07. The molecule has 0 radical (unpaired) electrons. The molecule has 0 aliphatic carbocycles. The molecule has 2 heterocycles. The molecule has 1 N–H and O–H groups in total. The third kappa shape index (κ3) is 2.07. The van der Waals surface area contributed by atoms with Gasteiger partial charge in [-0.2, -0.15) is 0 Å². The highest BCUT2D eigenvalue weighted by Crippen LogP contribution is 2.23. The van der Waals surface area contributed by atoms with Crippen LogP contribution in [0.25, 0.3) is 11.6 Å². The first-order chi connectivity index (χ1) is 7.58. The lowest BCUT2D eigenvalue weighted by atomic mass is 10.3. The highest BCUT2D eigenvalue weighted by molar-refractivity contribution is 9.10. The lowest BCUT2D eigenvalue weighted by Gasteiger charge is -1.99. The summed E-state index contributed by atoms with van der Waals surface area (Å²) in [7, 11) is 0. The van der Waals surface area contributed by atoms with Gasteiger partial charge in [0.05, 0.1) is 11.2 Å². The van der Waals surface area contributed by atoms with Gasteiger partial charge in [0.15, 0.2) is 21.9 Å². The van der Waals surface area contributed by atoms with Crippen LogP contribution in [0.5, 0.6) is 0 Å². The molecule has 0 aromatic carbocycles. The molecular weight excluding hydrogens is 299 g/mol. The lowest BCUT2D eigenvalue weighted by Crippen LogP contribution is -2.03. The van der Waals surface area contributed by atoms with Gasteiger partial charge >= 0.3 is 5.97 Å². The summed E-state index contributed by atoms with van der Waals surface area (Å²) >= 11 is 8.76. The van der Waals surface area contributed by atoms with Gasteiger partial charge in [0.2, 0.25) is 0 Å². The van der Waals surface area contributed by atoms with Gasteiger partial charge in [-0.15, -0.1) is 0 Å². The van der Waals surface area contributed by atoms with Crippen LogP contribution in [0.2, 0.25) is 5.02 Å². The van der Waals surface area contributed by atoms with Gasteiger partial charge in [0, 0.05) is 0 Å². The molecule has 2 aromatic rings. The van der Waals surface area contributed by atoms with Crippen molar-refractivity contribution in [2.75, 3.05) is 0 Å². The summed E-state index contributed by atoms with van der Waals surface area (Å²) in [4.78, 5) is 18.5. The van der Waals surface area contributed by atoms with Crippen LogP contribution in [0.1, 0.15) is 10.5 Å². The normalized spacial score (nSPS) is 10.4. The highest BCUT2D eigenvalue weighted by atomic mass is 79.9. The average molecular weight is 303 g/mol. The number of carboxylic acids is 1. The van der Waals surface area contributed by atoms with Crippen molar-refractivity contribution in [2.24, 2.45) is 0 Å². The van der Waals surface area contributed by atoms with Crippen LogP contribution in [0.4, 0.5) is 0 Å². The van der Waals surface area contributed by atoms with E-state index >= 15 is 0 Å². The molecule has 2 aromatic heterocycles. The Bertz CT molecular complexity index is 555. The van der Waals surface area contributed by atoms with E-state index < -0.39 is 5.97 Å². The fourth-order valence-corrected chi connectivity index (χ4v) is 1.55. The zero-order chi connectivity index (χ0) is 11.7. The quantitative estimate of drug-likeness (QED) is 0.923. The van der Waals surface area contributed by atoms with Gasteiger partial charge in [0.25, 0.3) is 0 Å². The third-order valence-electron chi connectivity index (χ3n) is 1.74. The van der Waals surface area contributed by atoms with Crippen LogP contribution < -0.4 is 0 Å². The molecule has 0 unspecified atom stereocenters. The number of rotatable bonds is 2. The molecule has 0 atom stereocenters. The number of hydrogen-bond donors (Lipinski definition) is 1. The summed E-state index contributed by atoms with van der Waals surface area (Å²) in [5.41, 5.74) is -0.251. The van der Waals surface area contributed by atoms with E-state index in [2.05, 4.69) is 25.9 Å². The maximum absolute atomic E-state index is 10.8. The van der Waals surface area contributed by atoms with E-state index in [0.717, 1.165) is 0 Å². The van der Waals surface area contributed by atoms with Gasteiger partial charge < -0.3 is 9.52 Å². The maximum atomic E-state index is 10.8. The second-order valence-electron chi connectivity index (χ2n) is 2.80. The van der Waals surface area contributed by atoms with E-state index in [0.29, 0.717) is 10.4 Å². The van der Waals surface area contributed by atoms with Gasteiger partial charge in [-0.3, -0.25) is 0 Å². The Hall–Kier alpha value is -1.40. The minimum Gasteiger partial charge on any atom is -0.476 e. The fraction of sp³-hybridized carbons (Fsp3) is 0. The third-order valence-corrected chi connectivity index (χ3v) is 2.44. The van der Waals surface area contributed by atoms with E-state index in [1.165, 1.54) is 6.20 Å². The van der Waals surface area contributed by atoms with Crippen LogP contribution in [0.15, 0.2) is 27.4 Å². The van der Waals surface area contributed by atoms with Crippen molar-refractivity contribution in [2.45, 2.75) is 0 Å². The van der Waals surface area contributed by atoms with Crippen molar-refractivity contribution in [3.8, 4) is 11.6 Å². The van der Waals surface area contributed by atoms with Crippen molar-refractivity contribution in [3.63, 3.8) is 0 Å². The molecule has 2 rings (SSSR count). The molecule has 0 fully saturated rings. The number of carbonyl (C=O) groups is 1. The predicted molar refractivity (Wildman–Crippen MR) is 59.4 cm³/mol. The summed E-state index contributed by atoms with van der Waals surface area (Å²) in [5, 5.41) is 8.82. The van der Waals surface area contributed by atoms with E-state index in [-0.39, 0.29) is 16.5 Å². The van der Waals surface area contributed by atoms with Gasteiger partial charge in [-0.05, 0) is 28.1 Å². The second kappa shape index (κ2) is 4.23. The molecule has 16 heavy (non-hydrogen) atoms. The van der Waals surface area contributed by atoms with Crippen molar-refractivity contribution in [1.82, 2.24) is 9.97 Å². The molecule has 0 aliphatic rings. The maximum Gasteiger partial charge on any atom is 0.356 e. The number of aromatic nitrogens is 2. The molecule has 5 nitrogen and oxygen atoms in total. The van der Waals surface area contributed by atoms with E-state index in [1.807, 2.05) is 0 Å². The van der Waals surface area contributed by atoms with E-state index in [9.17, 15) is 4.79 Å². The molecule has 82 valence electrons. The molecular formula is C9H4BrClN2O3. The summed E-state index contributed by atoms with van der Waals surface area (Å²) < 4.78 is 5.71. The molecule has 0 bridgehead atoms. The summed E-state index contributed by atoms with van der Waals surface area (Å²) in [6.07, 6.45) is 1.23. The average Bonchev–Trinajstić information content (AvgIpc) is 2.65. The minimum absolute atomic E-state index is 0.0122. The Morgan fingerprint density at radius 3 is 2.81 bits per heavy atom. The zero-order valence-corrected chi connectivity index (χ0v) is 9.99. The largest absolute Gasteiger partial charge is 0.476 e. The number of aromatic carboxylic acids is 1. The molecule has 0 aliphatic heterocycles. The Balaban J connectivity index is 2.51. The lowest BCUT2D eigenvalue weighted by molar-refractivity contribution is 0.0690. The Labute approximate surface area is 103 Å². The minimum atomic E-state index is -1.21. The topological polar surface area (TPSA) is 76.2 Å². The molecule has 0 saturated heterocycles. The van der Waals surface area contributed by atoms with Crippen LogP contribution in [-0.4, -0.2) is 21.0 Å². The van der Waals surface area contributed by atoms with Gasteiger partial charge in [-0.1, -0.05) is 11.6 Å². The first kappa shape index (κ1) is 11.1. The second-order valence-corrected chi connectivity index (χ2v) is 3.99. The van der Waals surface area contributed by atoms with Gasteiger partial charge in [0.1, 0.15) is 0 Å². The van der Waals surface area contributed by atoms with Crippen molar-refractivity contribution < 1.29 is 14.3 Å². The Kier molecular flexibility index (Phi) is 2.93. The van der Waals surface area contributed by atoms with Crippen LogP contribution in [-0.2, 0) is 0 Å². The number of furan rings is 1. The first-order valence-corrected chi connectivity index (χ1v) is 5.26. The van der Waals surface area contributed by atoms with Crippen molar-refractivity contribution in [1.29, 1.82) is 0 Å². The zero-order valence-electron chi connectivity index (χ0n) is 7.65. The summed E-state index contributed by atoms with van der Waals surface area (Å²) in [6.45, 7) is 0. The predicted octanol–water partition coefficient (Wildman–Crippen LogP) is 2.85. The standard InChI is InChI=1S/C9H4BrClN2O3/c10-6-2-1-5(16-6)8-12-3-4(11)7(13-8)9(14)15/h1-3H,(H,14,15). The SMILES string of the molecule is O=C(O)c1nc(-c2ccc(Br)o2)ncc1Cl. The number of nitrogens with zero attached hydrogens (tertiary/aromatic N) is 2. The van der Waals surface area contributed by atoms with E-state index in [1.54, 1.807) is 12.1 Å². The summed E-state index contributed by atoms with van der Waals surface area (Å²) in [5.74, 6) is -0.669. The van der Waals surface area contributed by atoms with Crippen LogP contribution in [0.3, 0.4) is 0 Å². The van der Waals surface area contributed by atoms with Crippen molar-refractivity contribution in [3.05, 3.63) is 33.7 Å². The van der Waals surface area contributed by atoms with Crippen LogP contribution >= 0.6 is 27.5 Å². The monoisotopic (exact) mass is 302 g/mol. The van der Waals surface area contributed by atoms with E-state index in [4.69, 9.17) is 21.1 Å². The first-order valence-electron chi connectivity index (χ1n) is 4.09. The van der Waals surface area contributed by atoms with Crippen molar-refractivity contribution >= 4 is 33.5 Å². The number of carboxylic acid groups (broad SMARTS) is 1. The smallest absolute Gasteiger partial charge is 0.356 e. The summed E-state index contributed by atoms with van der Waals surface area (Å²) in [6, 6.07) is 3.28. The molecule has 0 spiro atoms. The van der Waals surface area contributed by atoms with Crippen LogP contribution in [0, 0.1) is 0 Å². The Morgan fingerprint density at radius 2 is 2.25 bits per heavy atom. The number of hydrogen-bond acceptors (Lipinski definition) is 4. The Morgan fingerprint density at radius 1 is 1.50 bits per heavy atom.